The third-order valence-electron chi connectivity index (χ3n) is 2.36. The normalized spacial score (nSPS) is 13.1. The standard InChI is InChI=1S/C10H20N6O4/c11-5(2-1-3-15-10(13)14)8(18)16-6(9(19)20)4-7(12)17/h5-6H,1-4,11H2,(H2,12,17)(H,16,18)(H,19,20)(H4,13,14,15)/t5-,6-/m0/s1. The third-order valence-corrected chi connectivity index (χ3v) is 2.36. The number of rotatable bonds is 9. The highest BCUT2D eigenvalue weighted by Crippen LogP contribution is 1.97. The number of aliphatic carboxylic acids is 1. The average Bonchev–Trinajstić information content (AvgIpc) is 2.32. The van der Waals surface area contributed by atoms with E-state index in [1.807, 2.05) is 0 Å². The monoisotopic (exact) mass is 288 g/mol. The van der Waals surface area contributed by atoms with Crippen molar-refractivity contribution in [1.29, 1.82) is 5.41 Å². The second-order valence-electron chi connectivity index (χ2n) is 4.16. The Bertz CT molecular complexity index is 386. The van der Waals surface area contributed by atoms with Crippen molar-refractivity contribution in [3.63, 3.8) is 0 Å². The summed E-state index contributed by atoms with van der Waals surface area (Å²) in [6.45, 7) is 0.375. The summed E-state index contributed by atoms with van der Waals surface area (Å²) in [4.78, 5) is 33.1. The van der Waals surface area contributed by atoms with E-state index in [1.54, 1.807) is 0 Å². The fourth-order valence-corrected chi connectivity index (χ4v) is 1.36. The lowest BCUT2D eigenvalue weighted by atomic mass is 10.1. The zero-order valence-corrected chi connectivity index (χ0v) is 10.9. The Morgan fingerprint density at radius 3 is 2.30 bits per heavy atom. The molecular weight excluding hydrogens is 268 g/mol. The van der Waals surface area contributed by atoms with Crippen LogP contribution in [-0.4, -0.2) is 47.5 Å². The summed E-state index contributed by atoms with van der Waals surface area (Å²) < 4.78 is 0. The Labute approximate surface area is 115 Å². The molecule has 10 heteroatoms. The molecule has 0 aliphatic rings. The summed E-state index contributed by atoms with van der Waals surface area (Å²) >= 11 is 0. The van der Waals surface area contributed by atoms with Gasteiger partial charge in [-0.15, -0.1) is 0 Å². The van der Waals surface area contributed by atoms with Crippen LogP contribution in [0.3, 0.4) is 0 Å². The highest BCUT2D eigenvalue weighted by Gasteiger charge is 2.24. The van der Waals surface area contributed by atoms with Gasteiger partial charge in [0, 0.05) is 6.54 Å². The Morgan fingerprint density at radius 1 is 1.25 bits per heavy atom. The van der Waals surface area contributed by atoms with E-state index in [2.05, 4.69) is 10.6 Å². The predicted octanol–water partition coefficient (Wildman–Crippen LogP) is -2.98. The van der Waals surface area contributed by atoms with Gasteiger partial charge in [0.05, 0.1) is 12.5 Å². The molecule has 0 aromatic rings. The molecular formula is C10H20N6O4. The van der Waals surface area contributed by atoms with Gasteiger partial charge in [0.1, 0.15) is 6.04 Å². The lowest BCUT2D eigenvalue weighted by Gasteiger charge is -2.16. The van der Waals surface area contributed by atoms with Gasteiger partial charge in [-0.25, -0.2) is 4.79 Å². The van der Waals surface area contributed by atoms with Crippen LogP contribution in [0.5, 0.6) is 0 Å². The van der Waals surface area contributed by atoms with Crippen molar-refractivity contribution in [3.8, 4) is 0 Å². The summed E-state index contributed by atoms with van der Waals surface area (Å²) in [6.07, 6.45) is 0.246. The molecule has 20 heavy (non-hydrogen) atoms. The Kier molecular flexibility index (Phi) is 7.67. The first kappa shape index (κ1) is 17.6. The van der Waals surface area contributed by atoms with Gasteiger partial charge < -0.3 is 32.9 Å². The number of guanidine groups is 1. The second-order valence-corrected chi connectivity index (χ2v) is 4.16. The summed E-state index contributed by atoms with van der Waals surface area (Å²) in [5.74, 6) is -3.06. The van der Waals surface area contributed by atoms with Crippen LogP contribution in [0.15, 0.2) is 0 Å². The summed E-state index contributed by atoms with van der Waals surface area (Å²) in [7, 11) is 0. The van der Waals surface area contributed by atoms with E-state index >= 15 is 0 Å². The van der Waals surface area contributed by atoms with Crippen molar-refractivity contribution in [2.75, 3.05) is 6.54 Å². The minimum absolute atomic E-state index is 0.185. The molecule has 0 heterocycles. The van der Waals surface area contributed by atoms with Crippen LogP contribution in [0, 0.1) is 5.41 Å². The van der Waals surface area contributed by atoms with Crippen LogP contribution in [0.1, 0.15) is 19.3 Å². The highest BCUT2D eigenvalue weighted by molar-refractivity contribution is 5.89. The van der Waals surface area contributed by atoms with Crippen molar-refractivity contribution in [3.05, 3.63) is 0 Å². The van der Waals surface area contributed by atoms with Gasteiger partial charge in [-0.2, -0.15) is 0 Å². The van der Waals surface area contributed by atoms with Crippen LogP contribution in [-0.2, 0) is 14.4 Å². The van der Waals surface area contributed by atoms with Crippen molar-refractivity contribution in [1.82, 2.24) is 10.6 Å². The number of nitrogens with two attached hydrogens (primary N) is 3. The number of hydrogen-bond donors (Lipinski definition) is 7. The molecule has 0 aliphatic carbocycles. The number of carboxylic acids is 1. The summed E-state index contributed by atoms with van der Waals surface area (Å²) in [5, 5.41) is 20.4. The van der Waals surface area contributed by atoms with E-state index in [-0.39, 0.29) is 12.4 Å². The second kappa shape index (κ2) is 8.69. The number of carboxylic acid groups (broad SMARTS) is 1. The molecule has 114 valence electrons. The van der Waals surface area contributed by atoms with Crippen LogP contribution >= 0.6 is 0 Å². The molecule has 0 spiro atoms. The fraction of sp³-hybridized carbons (Fsp3) is 0.600. The van der Waals surface area contributed by atoms with Crippen molar-refractivity contribution in [2.24, 2.45) is 17.2 Å². The number of carbonyl (C=O) groups excluding carboxylic acids is 2. The molecule has 0 fully saturated rings. The van der Waals surface area contributed by atoms with Crippen molar-refractivity contribution in [2.45, 2.75) is 31.3 Å². The van der Waals surface area contributed by atoms with Crippen LogP contribution in [0.4, 0.5) is 0 Å². The van der Waals surface area contributed by atoms with Crippen molar-refractivity contribution < 1.29 is 19.5 Å². The molecule has 0 unspecified atom stereocenters. The Morgan fingerprint density at radius 2 is 1.85 bits per heavy atom. The van der Waals surface area contributed by atoms with Crippen LogP contribution in [0.25, 0.3) is 0 Å². The molecule has 10 nitrogen and oxygen atoms in total. The summed E-state index contributed by atoms with van der Waals surface area (Å²) in [6, 6.07) is -2.31. The smallest absolute Gasteiger partial charge is 0.326 e. The number of carbonyl (C=O) groups is 3. The average molecular weight is 288 g/mol. The molecule has 0 rings (SSSR count). The number of amides is 2. The minimum Gasteiger partial charge on any atom is -0.480 e. The maximum atomic E-state index is 11.6. The van der Waals surface area contributed by atoms with Gasteiger partial charge in [-0.1, -0.05) is 0 Å². The topological polar surface area (TPSA) is 197 Å². The van der Waals surface area contributed by atoms with Gasteiger partial charge in [0.15, 0.2) is 5.96 Å². The lowest BCUT2D eigenvalue weighted by Crippen LogP contribution is -2.49. The van der Waals surface area contributed by atoms with E-state index in [0.29, 0.717) is 13.0 Å². The first-order valence-electron chi connectivity index (χ1n) is 5.89. The largest absolute Gasteiger partial charge is 0.480 e. The van der Waals surface area contributed by atoms with E-state index < -0.39 is 36.3 Å². The lowest BCUT2D eigenvalue weighted by molar-refractivity contribution is -0.143. The van der Waals surface area contributed by atoms with Gasteiger partial charge in [0.2, 0.25) is 11.8 Å². The predicted molar refractivity (Wildman–Crippen MR) is 70.5 cm³/mol. The maximum absolute atomic E-state index is 11.6. The quantitative estimate of drug-likeness (QED) is 0.133. The molecule has 0 bridgehead atoms. The van der Waals surface area contributed by atoms with Crippen LogP contribution < -0.4 is 27.8 Å². The molecule has 0 radical (unpaired) electrons. The zero-order valence-electron chi connectivity index (χ0n) is 10.9. The van der Waals surface area contributed by atoms with E-state index in [1.165, 1.54) is 0 Å². The SMILES string of the molecule is N=C(N)NCCC[C@H](N)C(=O)N[C@@H](CC(N)=O)C(=O)O. The minimum atomic E-state index is -1.39. The van der Waals surface area contributed by atoms with Crippen molar-refractivity contribution >= 4 is 23.7 Å². The van der Waals surface area contributed by atoms with E-state index in [9.17, 15) is 14.4 Å². The van der Waals surface area contributed by atoms with Gasteiger partial charge in [-0.3, -0.25) is 15.0 Å². The third kappa shape index (κ3) is 7.87. The first-order chi connectivity index (χ1) is 9.23. The Hall–Kier alpha value is -2.36. The molecule has 0 saturated carbocycles. The van der Waals surface area contributed by atoms with Gasteiger partial charge >= 0.3 is 5.97 Å². The number of hydrogen-bond acceptors (Lipinski definition) is 5. The molecule has 0 aromatic heterocycles. The summed E-state index contributed by atoms with van der Waals surface area (Å²) in [5.41, 5.74) is 15.5. The first-order valence-corrected chi connectivity index (χ1v) is 5.89. The molecule has 0 saturated heterocycles. The number of primary amides is 1. The molecule has 10 N–H and O–H groups in total. The van der Waals surface area contributed by atoms with Gasteiger partial charge in [-0.05, 0) is 12.8 Å². The zero-order chi connectivity index (χ0) is 15.7. The Balaban J connectivity index is 4.18. The van der Waals surface area contributed by atoms with Crippen LogP contribution in [0.2, 0.25) is 0 Å². The molecule has 2 amide bonds. The van der Waals surface area contributed by atoms with Gasteiger partial charge in [0.25, 0.3) is 0 Å². The molecule has 0 aromatic carbocycles. The fourth-order valence-electron chi connectivity index (χ4n) is 1.36. The van der Waals surface area contributed by atoms with E-state index in [4.69, 9.17) is 27.7 Å². The molecule has 0 aliphatic heterocycles. The molecule has 2 atom stereocenters. The maximum Gasteiger partial charge on any atom is 0.326 e. The highest BCUT2D eigenvalue weighted by atomic mass is 16.4. The van der Waals surface area contributed by atoms with E-state index in [0.717, 1.165) is 0 Å². The number of nitrogens with one attached hydrogen (secondary N) is 3.